The van der Waals surface area contributed by atoms with Crippen molar-refractivity contribution in [1.29, 1.82) is 0 Å². The molecule has 0 aliphatic heterocycles. The maximum absolute atomic E-state index is 11.5. The summed E-state index contributed by atoms with van der Waals surface area (Å²) in [6.07, 6.45) is 0. The van der Waals surface area contributed by atoms with Gasteiger partial charge in [-0.1, -0.05) is 0 Å². The molecule has 1 N–H and O–H groups in total. The van der Waals surface area contributed by atoms with Crippen LogP contribution in [0.4, 0.5) is 0 Å². The van der Waals surface area contributed by atoms with Gasteiger partial charge < -0.3 is 0 Å². The maximum atomic E-state index is 11.5. The number of hydrogen-bond acceptors (Lipinski definition) is 1. The van der Waals surface area contributed by atoms with Gasteiger partial charge in [0.2, 0.25) is 0 Å². The molecule has 0 bridgehead atoms. The van der Waals surface area contributed by atoms with Crippen molar-refractivity contribution in [3.63, 3.8) is 0 Å². The van der Waals surface area contributed by atoms with E-state index in [-0.39, 0.29) is 11.9 Å². The molecule has 68 valence electrons. The molecular formula is C10H12AsNO. The molecule has 0 saturated carbocycles. The van der Waals surface area contributed by atoms with Crippen LogP contribution in [0.25, 0.3) is 0 Å². The first-order valence-electron chi connectivity index (χ1n) is 4.19. The van der Waals surface area contributed by atoms with Crippen molar-refractivity contribution in [3.05, 3.63) is 29.8 Å². The van der Waals surface area contributed by atoms with Gasteiger partial charge in [-0.25, -0.2) is 0 Å². The second-order valence-corrected chi connectivity index (χ2v) is 4.26. The number of carbonyl (C=O) groups is 1. The van der Waals surface area contributed by atoms with Gasteiger partial charge in [-0.15, -0.1) is 0 Å². The Bertz CT molecular complexity index is 310. The number of amides is 1. The molecule has 0 spiro atoms. The summed E-state index contributed by atoms with van der Waals surface area (Å²) in [7, 11) is 0. The molecule has 0 aliphatic carbocycles. The van der Waals surface area contributed by atoms with Crippen molar-refractivity contribution >= 4 is 27.1 Å². The van der Waals surface area contributed by atoms with E-state index in [0.29, 0.717) is 5.56 Å². The molecule has 0 saturated heterocycles. The molecule has 0 heterocycles. The van der Waals surface area contributed by atoms with Crippen LogP contribution in [0.1, 0.15) is 24.2 Å². The first-order valence-corrected chi connectivity index (χ1v) is 5.13. The average molecular weight is 237 g/mol. The SMILES string of the molecule is CC(C)NC(=O)c1cccc([As])c1. The fourth-order valence-corrected chi connectivity index (χ4v) is 1.47. The number of nitrogens with one attached hydrogen (secondary N) is 1. The average Bonchev–Trinajstić information content (AvgIpc) is 2.03. The summed E-state index contributed by atoms with van der Waals surface area (Å²) in [4.78, 5) is 11.5. The third kappa shape index (κ3) is 3.23. The molecule has 1 rings (SSSR count). The van der Waals surface area contributed by atoms with Crippen LogP contribution in [0.5, 0.6) is 0 Å². The Hall–Kier alpha value is -0.752. The van der Waals surface area contributed by atoms with Gasteiger partial charge >= 0.3 is 86.9 Å². The molecule has 1 aromatic rings. The van der Waals surface area contributed by atoms with Crippen molar-refractivity contribution < 1.29 is 4.79 Å². The van der Waals surface area contributed by atoms with Crippen LogP contribution in [-0.4, -0.2) is 28.8 Å². The van der Waals surface area contributed by atoms with Crippen LogP contribution in [0.2, 0.25) is 0 Å². The van der Waals surface area contributed by atoms with Crippen molar-refractivity contribution in [2.45, 2.75) is 19.9 Å². The van der Waals surface area contributed by atoms with Crippen molar-refractivity contribution in [1.82, 2.24) is 5.32 Å². The number of hydrogen-bond donors (Lipinski definition) is 1. The molecule has 1 aromatic carbocycles. The predicted molar refractivity (Wildman–Crippen MR) is 54.4 cm³/mol. The molecular weight excluding hydrogens is 225 g/mol. The van der Waals surface area contributed by atoms with Gasteiger partial charge in [0, 0.05) is 0 Å². The fraction of sp³-hybridized carbons (Fsp3) is 0.300. The topological polar surface area (TPSA) is 29.1 Å². The zero-order chi connectivity index (χ0) is 9.84. The van der Waals surface area contributed by atoms with Gasteiger partial charge in [0.25, 0.3) is 0 Å². The molecule has 0 aromatic heterocycles. The molecule has 3 heteroatoms. The quantitative estimate of drug-likeness (QED) is 0.750. The summed E-state index contributed by atoms with van der Waals surface area (Å²) < 4.78 is 1.05. The summed E-state index contributed by atoms with van der Waals surface area (Å²) >= 11 is 2.42. The predicted octanol–water partition coefficient (Wildman–Crippen LogP) is 0.619. The Balaban J connectivity index is 2.77. The number of rotatable bonds is 2. The van der Waals surface area contributed by atoms with Crippen LogP contribution in [0.15, 0.2) is 24.3 Å². The molecule has 0 atom stereocenters. The van der Waals surface area contributed by atoms with Crippen LogP contribution in [0.3, 0.4) is 0 Å². The molecule has 2 nitrogen and oxygen atoms in total. The summed E-state index contributed by atoms with van der Waals surface area (Å²) in [6, 6.07) is 7.68. The van der Waals surface area contributed by atoms with Crippen LogP contribution >= 0.6 is 0 Å². The Kier molecular flexibility index (Phi) is 3.56. The molecule has 1 amide bonds. The van der Waals surface area contributed by atoms with E-state index in [2.05, 4.69) is 22.2 Å². The van der Waals surface area contributed by atoms with Gasteiger partial charge in [0.05, 0.1) is 0 Å². The first-order chi connectivity index (χ1) is 6.09. The molecule has 0 fully saturated rings. The Morgan fingerprint density at radius 2 is 2.15 bits per heavy atom. The zero-order valence-corrected chi connectivity index (χ0v) is 9.62. The zero-order valence-electron chi connectivity index (χ0n) is 7.74. The Labute approximate surface area is 87.2 Å². The van der Waals surface area contributed by atoms with E-state index in [9.17, 15) is 4.79 Å². The van der Waals surface area contributed by atoms with E-state index in [4.69, 9.17) is 0 Å². The minimum absolute atomic E-state index is 0.0112. The van der Waals surface area contributed by atoms with Gasteiger partial charge in [-0.05, 0) is 0 Å². The Morgan fingerprint density at radius 1 is 1.46 bits per heavy atom. The summed E-state index contributed by atoms with van der Waals surface area (Å²) in [5.74, 6) is -0.0112. The van der Waals surface area contributed by atoms with E-state index < -0.39 is 0 Å². The van der Waals surface area contributed by atoms with Crippen molar-refractivity contribution in [3.8, 4) is 0 Å². The summed E-state index contributed by atoms with van der Waals surface area (Å²) in [6.45, 7) is 3.90. The van der Waals surface area contributed by atoms with Crippen LogP contribution in [-0.2, 0) is 0 Å². The Morgan fingerprint density at radius 3 is 2.69 bits per heavy atom. The molecule has 13 heavy (non-hydrogen) atoms. The van der Waals surface area contributed by atoms with Crippen LogP contribution in [0, 0.1) is 0 Å². The van der Waals surface area contributed by atoms with Gasteiger partial charge in [0.1, 0.15) is 0 Å². The van der Waals surface area contributed by atoms with E-state index in [0.717, 1.165) is 4.35 Å². The number of benzene rings is 1. The van der Waals surface area contributed by atoms with E-state index >= 15 is 0 Å². The summed E-state index contributed by atoms with van der Waals surface area (Å²) in [5.41, 5.74) is 0.715. The molecule has 2 radical (unpaired) electrons. The van der Waals surface area contributed by atoms with E-state index in [1.165, 1.54) is 0 Å². The number of carbonyl (C=O) groups excluding carboxylic acids is 1. The van der Waals surface area contributed by atoms with E-state index in [1.54, 1.807) is 0 Å². The third-order valence-electron chi connectivity index (χ3n) is 1.53. The first kappa shape index (κ1) is 10.3. The standard InChI is InChI=1S/C10H12AsNO/c1-7(2)12-10(13)8-4-3-5-9(11)6-8/h3-7H,1-2H3,(H,12,13). The minimum atomic E-state index is -0.0112. The molecule has 0 aliphatic rings. The molecule has 0 unspecified atom stereocenters. The van der Waals surface area contributed by atoms with Crippen LogP contribution < -0.4 is 9.67 Å². The third-order valence-corrected chi connectivity index (χ3v) is 2.11. The van der Waals surface area contributed by atoms with Gasteiger partial charge in [-0.3, -0.25) is 0 Å². The van der Waals surface area contributed by atoms with Crippen molar-refractivity contribution in [2.75, 3.05) is 0 Å². The van der Waals surface area contributed by atoms with E-state index in [1.807, 2.05) is 38.1 Å². The second kappa shape index (κ2) is 4.47. The van der Waals surface area contributed by atoms with Gasteiger partial charge in [0.15, 0.2) is 0 Å². The second-order valence-electron chi connectivity index (χ2n) is 3.18. The fourth-order valence-electron chi connectivity index (χ4n) is 0.993. The normalized spacial score (nSPS) is 10.2. The van der Waals surface area contributed by atoms with Crippen molar-refractivity contribution in [2.24, 2.45) is 0 Å². The summed E-state index contributed by atoms with van der Waals surface area (Å²) in [5, 5.41) is 2.84. The monoisotopic (exact) mass is 237 g/mol. The van der Waals surface area contributed by atoms with Gasteiger partial charge in [-0.2, -0.15) is 0 Å².